The highest BCUT2D eigenvalue weighted by atomic mass is 35.5. The fourth-order valence-electron chi connectivity index (χ4n) is 2.16. The fourth-order valence-corrected chi connectivity index (χ4v) is 3.34. The molecule has 0 saturated carbocycles. The molecule has 6 nitrogen and oxygen atoms in total. The standard InChI is InChI=1S/C17H16ClN3O3S/c1-11-3-8-15(9-12(11)2)25(22,23)19-10-16-20-21-17(24-16)13-4-6-14(18)7-5-13/h3-9,19H,10H2,1-2H3. The Balaban J connectivity index is 1.73. The summed E-state index contributed by atoms with van der Waals surface area (Å²) in [6, 6.07) is 11.9. The van der Waals surface area contributed by atoms with Crippen molar-refractivity contribution in [1.82, 2.24) is 14.9 Å². The minimum atomic E-state index is -3.65. The molecule has 0 spiro atoms. The quantitative estimate of drug-likeness (QED) is 0.735. The lowest BCUT2D eigenvalue weighted by Crippen LogP contribution is -2.23. The third-order valence-corrected chi connectivity index (χ3v) is 5.41. The van der Waals surface area contributed by atoms with Crippen molar-refractivity contribution in [3.05, 3.63) is 64.5 Å². The summed E-state index contributed by atoms with van der Waals surface area (Å²) in [7, 11) is -3.65. The average molecular weight is 378 g/mol. The van der Waals surface area contributed by atoms with Gasteiger partial charge in [-0.15, -0.1) is 10.2 Å². The minimum absolute atomic E-state index is 0.0875. The van der Waals surface area contributed by atoms with Crippen molar-refractivity contribution in [1.29, 1.82) is 0 Å². The van der Waals surface area contributed by atoms with Crippen LogP contribution in [0.1, 0.15) is 17.0 Å². The van der Waals surface area contributed by atoms with Crippen molar-refractivity contribution >= 4 is 21.6 Å². The smallest absolute Gasteiger partial charge is 0.247 e. The van der Waals surface area contributed by atoms with E-state index in [1.54, 1.807) is 42.5 Å². The second-order valence-electron chi connectivity index (χ2n) is 5.58. The Bertz CT molecular complexity index is 998. The van der Waals surface area contributed by atoms with Crippen molar-refractivity contribution in [2.45, 2.75) is 25.3 Å². The molecular weight excluding hydrogens is 362 g/mol. The molecule has 0 radical (unpaired) electrons. The van der Waals surface area contributed by atoms with Gasteiger partial charge in [-0.05, 0) is 61.4 Å². The number of aryl methyl sites for hydroxylation is 2. The summed E-state index contributed by atoms with van der Waals surface area (Å²) < 4.78 is 32.7. The van der Waals surface area contributed by atoms with Crippen molar-refractivity contribution in [2.24, 2.45) is 0 Å². The monoisotopic (exact) mass is 377 g/mol. The molecule has 0 aliphatic heterocycles. The Hall–Kier alpha value is -2.22. The van der Waals surface area contributed by atoms with Crippen molar-refractivity contribution < 1.29 is 12.8 Å². The molecule has 0 aliphatic rings. The van der Waals surface area contributed by atoms with Gasteiger partial charge in [0.25, 0.3) is 0 Å². The Morgan fingerprint density at radius 2 is 1.76 bits per heavy atom. The summed E-state index contributed by atoms with van der Waals surface area (Å²) in [5, 5.41) is 8.39. The van der Waals surface area contributed by atoms with E-state index in [4.69, 9.17) is 16.0 Å². The number of hydrogen-bond donors (Lipinski definition) is 1. The number of benzene rings is 2. The van der Waals surface area contributed by atoms with E-state index in [9.17, 15) is 8.42 Å². The molecule has 0 aliphatic carbocycles. The van der Waals surface area contributed by atoms with E-state index in [-0.39, 0.29) is 17.3 Å². The van der Waals surface area contributed by atoms with E-state index >= 15 is 0 Å². The summed E-state index contributed by atoms with van der Waals surface area (Å²) in [5.74, 6) is 0.481. The summed E-state index contributed by atoms with van der Waals surface area (Å²) in [5.41, 5.74) is 2.65. The lowest BCUT2D eigenvalue weighted by Gasteiger charge is -2.07. The molecular formula is C17H16ClN3O3S. The summed E-state index contributed by atoms with van der Waals surface area (Å²) >= 11 is 5.84. The van der Waals surface area contributed by atoms with Crippen molar-refractivity contribution in [3.63, 3.8) is 0 Å². The highest BCUT2D eigenvalue weighted by molar-refractivity contribution is 7.89. The molecule has 1 aromatic heterocycles. The van der Waals surface area contributed by atoms with Crippen LogP contribution in [0.4, 0.5) is 0 Å². The first-order valence-electron chi connectivity index (χ1n) is 7.50. The van der Waals surface area contributed by atoms with E-state index in [0.29, 0.717) is 16.5 Å². The number of halogens is 1. The fraction of sp³-hybridized carbons (Fsp3) is 0.176. The van der Waals surface area contributed by atoms with Crippen molar-refractivity contribution in [3.8, 4) is 11.5 Å². The Morgan fingerprint density at radius 3 is 2.44 bits per heavy atom. The summed E-state index contributed by atoms with van der Waals surface area (Å²) in [4.78, 5) is 0.202. The Morgan fingerprint density at radius 1 is 1.04 bits per heavy atom. The predicted octanol–water partition coefficient (Wildman–Crippen LogP) is 3.49. The predicted molar refractivity (Wildman–Crippen MR) is 94.7 cm³/mol. The van der Waals surface area contributed by atoms with E-state index in [0.717, 1.165) is 11.1 Å². The number of sulfonamides is 1. The molecule has 3 rings (SSSR count). The normalized spacial score (nSPS) is 11.6. The van der Waals surface area contributed by atoms with Gasteiger partial charge in [0.05, 0.1) is 11.4 Å². The second-order valence-corrected chi connectivity index (χ2v) is 7.78. The van der Waals surface area contributed by atoms with E-state index in [2.05, 4.69) is 14.9 Å². The molecule has 0 saturated heterocycles. The highest BCUT2D eigenvalue weighted by Gasteiger charge is 2.16. The third kappa shape index (κ3) is 4.07. The van der Waals surface area contributed by atoms with Gasteiger partial charge < -0.3 is 4.42 Å². The van der Waals surface area contributed by atoms with Gasteiger partial charge in [0.1, 0.15) is 0 Å². The summed E-state index contributed by atoms with van der Waals surface area (Å²) in [6.07, 6.45) is 0. The zero-order valence-corrected chi connectivity index (χ0v) is 15.2. The molecule has 0 amide bonds. The number of hydrogen-bond acceptors (Lipinski definition) is 5. The van der Waals surface area contributed by atoms with Crippen molar-refractivity contribution in [2.75, 3.05) is 0 Å². The van der Waals surface area contributed by atoms with Gasteiger partial charge in [0.2, 0.25) is 21.8 Å². The average Bonchev–Trinajstić information content (AvgIpc) is 3.05. The Kier molecular flexibility index (Phi) is 4.89. The van der Waals surface area contributed by atoms with Crippen LogP contribution in [0.3, 0.4) is 0 Å². The molecule has 25 heavy (non-hydrogen) atoms. The van der Waals surface area contributed by atoms with Crippen LogP contribution in [0.2, 0.25) is 5.02 Å². The van der Waals surface area contributed by atoms with Gasteiger partial charge in [-0.1, -0.05) is 17.7 Å². The first-order chi connectivity index (χ1) is 11.8. The van der Waals surface area contributed by atoms with Gasteiger partial charge in [-0.2, -0.15) is 0 Å². The molecule has 0 unspecified atom stereocenters. The van der Waals surface area contributed by atoms with Gasteiger partial charge >= 0.3 is 0 Å². The maximum Gasteiger partial charge on any atom is 0.247 e. The zero-order valence-electron chi connectivity index (χ0n) is 13.7. The molecule has 130 valence electrons. The third-order valence-electron chi connectivity index (χ3n) is 3.76. The van der Waals surface area contributed by atoms with Crippen LogP contribution < -0.4 is 4.72 Å². The SMILES string of the molecule is Cc1ccc(S(=O)(=O)NCc2nnc(-c3ccc(Cl)cc3)o2)cc1C. The number of nitrogens with zero attached hydrogens (tertiary/aromatic N) is 2. The summed E-state index contributed by atoms with van der Waals surface area (Å²) in [6.45, 7) is 3.70. The molecule has 3 aromatic rings. The van der Waals surface area contributed by atoms with Crippen LogP contribution >= 0.6 is 11.6 Å². The van der Waals surface area contributed by atoms with Crippen LogP contribution in [0.15, 0.2) is 51.8 Å². The molecule has 8 heteroatoms. The first-order valence-corrected chi connectivity index (χ1v) is 9.36. The van der Waals surface area contributed by atoms with Crippen LogP contribution in [0.5, 0.6) is 0 Å². The first kappa shape index (κ1) is 17.6. The van der Waals surface area contributed by atoms with Gasteiger partial charge in [0.15, 0.2) is 0 Å². The molecule has 1 N–H and O–H groups in total. The van der Waals surface area contributed by atoms with E-state index < -0.39 is 10.0 Å². The maximum atomic E-state index is 12.4. The zero-order chi connectivity index (χ0) is 18.0. The topological polar surface area (TPSA) is 85.1 Å². The number of rotatable bonds is 5. The largest absolute Gasteiger partial charge is 0.419 e. The minimum Gasteiger partial charge on any atom is -0.419 e. The molecule has 0 atom stereocenters. The maximum absolute atomic E-state index is 12.4. The van der Waals surface area contributed by atoms with E-state index in [1.165, 1.54) is 0 Å². The molecule has 1 heterocycles. The lowest BCUT2D eigenvalue weighted by molar-refractivity contribution is 0.494. The van der Waals surface area contributed by atoms with Gasteiger partial charge in [-0.3, -0.25) is 0 Å². The highest BCUT2D eigenvalue weighted by Crippen LogP contribution is 2.20. The van der Waals surface area contributed by atoms with Crippen LogP contribution in [-0.4, -0.2) is 18.6 Å². The van der Waals surface area contributed by atoms with Gasteiger partial charge in [0, 0.05) is 10.6 Å². The second kappa shape index (κ2) is 6.95. The molecule has 0 bridgehead atoms. The van der Waals surface area contributed by atoms with Crippen LogP contribution in [-0.2, 0) is 16.6 Å². The Labute approximate surface area is 150 Å². The number of aromatic nitrogens is 2. The molecule has 0 fully saturated rings. The molecule has 2 aromatic carbocycles. The van der Waals surface area contributed by atoms with Gasteiger partial charge in [-0.25, -0.2) is 13.1 Å². The van der Waals surface area contributed by atoms with Crippen LogP contribution in [0.25, 0.3) is 11.5 Å². The lowest BCUT2D eigenvalue weighted by atomic mass is 10.1. The van der Waals surface area contributed by atoms with E-state index in [1.807, 2.05) is 13.8 Å². The van der Waals surface area contributed by atoms with Crippen LogP contribution in [0, 0.1) is 13.8 Å². The number of nitrogens with one attached hydrogen (secondary N) is 1.